The van der Waals surface area contributed by atoms with Crippen LogP contribution in [0.2, 0.25) is 0 Å². The zero-order chi connectivity index (χ0) is 17.8. The number of carbonyl (C=O) groups is 1. The number of piperidine rings is 1. The summed E-state index contributed by atoms with van der Waals surface area (Å²) in [4.78, 5) is 23.4. The highest BCUT2D eigenvalue weighted by Gasteiger charge is 2.31. The SMILES string of the molecule is CC[C@H](C(=O)Nc1nccs1)N1CCC(c2nc(C(C)C)no2)CC1. The predicted octanol–water partition coefficient (Wildman–Crippen LogP) is 3.25. The number of anilines is 1. The summed E-state index contributed by atoms with van der Waals surface area (Å²) in [6, 6.07) is -0.126. The Labute approximate surface area is 151 Å². The Morgan fingerprint density at radius 2 is 2.20 bits per heavy atom. The van der Waals surface area contributed by atoms with E-state index >= 15 is 0 Å². The fourth-order valence-electron chi connectivity index (χ4n) is 3.19. The van der Waals surface area contributed by atoms with Crippen molar-refractivity contribution in [3.63, 3.8) is 0 Å². The van der Waals surface area contributed by atoms with Crippen molar-refractivity contribution < 1.29 is 9.32 Å². The number of likely N-dealkylation sites (tertiary alicyclic amines) is 1. The van der Waals surface area contributed by atoms with Crippen molar-refractivity contribution in [2.24, 2.45) is 0 Å². The zero-order valence-electron chi connectivity index (χ0n) is 14.9. The summed E-state index contributed by atoms with van der Waals surface area (Å²) in [6.07, 6.45) is 4.34. The van der Waals surface area contributed by atoms with Gasteiger partial charge in [0.15, 0.2) is 11.0 Å². The van der Waals surface area contributed by atoms with Gasteiger partial charge >= 0.3 is 0 Å². The molecule has 3 heterocycles. The van der Waals surface area contributed by atoms with Crippen molar-refractivity contribution in [3.05, 3.63) is 23.3 Å². The van der Waals surface area contributed by atoms with E-state index in [-0.39, 0.29) is 23.8 Å². The molecule has 0 saturated carbocycles. The minimum atomic E-state index is -0.126. The van der Waals surface area contributed by atoms with E-state index in [9.17, 15) is 4.79 Å². The summed E-state index contributed by atoms with van der Waals surface area (Å²) in [5.41, 5.74) is 0. The second-order valence-electron chi connectivity index (χ2n) is 6.71. The van der Waals surface area contributed by atoms with Crippen LogP contribution in [0, 0.1) is 0 Å². The largest absolute Gasteiger partial charge is 0.339 e. The second-order valence-corrected chi connectivity index (χ2v) is 7.60. The lowest BCUT2D eigenvalue weighted by Crippen LogP contribution is -2.47. The van der Waals surface area contributed by atoms with Crippen LogP contribution in [0.15, 0.2) is 16.1 Å². The van der Waals surface area contributed by atoms with Gasteiger partial charge in [0.25, 0.3) is 0 Å². The van der Waals surface area contributed by atoms with Gasteiger partial charge in [-0.15, -0.1) is 11.3 Å². The quantitative estimate of drug-likeness (QED) is 0.848. The van der Waals surface area contributed by atoms with Gasteiger partial charge in [-0.05, 0) is 32.4 Å². The lowest BCUT2D eigenvalue weighted by atomic mass is 9.95. The van der Waals surface area contributed by atoms with E-state index in [4.69, 9.17) is 4.52 Å². The summed E-state index contributed by atoms with van der Waals surface area (Å²) in [6.45, 7) is 7.88. The van der Waals surface area contributed by atoms with Crippen LogP contribution < -0.4 is 5.32 Å². The lowest BCUT2D eigenvalue weighted by Gasteiger charge is -2.35. The molecule has 25 heavy (non-hydrogen) atoms. The Morgan fingerprint density at radius 3 is 2.76 bits per heavy atom. The van der Waals surface area contributed by atoms with Crippen molar-refractivity contribution in [3.8, 4) is 0 Å². The first kappa shape index (κ1) is 18.0. The molecule has 0 radical (unpaired) electrons. The number of carbonyl (C=O) groups excluding carboxylic acids is 1. The van der Waals surface area contributed by atoms with E-state index in [1.54, 1.807) is 6.20 Å². The van der Waals surface area contributed by atoms with Crippen LogP contribution >= 0.6 is 11.3 Å². The molecule has 1 aliphatic rings. The molecule has 1 aliphatic heterocycles. The number of hydrogen-bond donors (Lipinski definition) is 1. The third-order valence-corrected chi connectivity index (χ3v) is 5.33. The molecule has 1 amide bonds. The van der Waals surface area contributed by atoms with E-state index in [0.717, 1.165) is 44.1 Å². The number of nitrogens with zero attached hydrogens (tertiary/aromatic N) is 4. The molecule has 0 aromatic carbocycles. The van der Waals surface area contributed by atoms with Gasteiger partial charge in [0.1, 0.15) is 0 Å². The highest BCUT2D eigenvalue weighted by molar-refractivity contribution is 7.13. The Hall–Kier alpha value is -1.80. The number of aromatic nitrogens is 3. The standard InChI is InChI=1S/C17H25N5O2S/c1-4-13(15(23)20-17-18-7-10-25-17)22-8-5-12(6-9-22)16-19-14(11(2)3)21-24-16/h7,10-13H,4-6,8-9H2,1-3H3,(H,18,20,23)/t13-/m1/s1. The van der Waals surface area contributed by atoms with E-state index in [1.165, 1.54) is 11.3 Å². The predicted molar refractivity (Wildman–Crippen MR) is 96.8 cm³/mol. The van der Waals surface area contributed by atoms with Gasteiger partial charge in [-0.1, -0.05) is 25.9 Å². The third kappa shape index (κ3) is 4.24. The third-order valence-electron chi connectivity index (χ3n) is 4.65. The van der Waals surface area contributed by atoms with Crippen LogP contribution in [0.1, 0.15) is 63.6 Å². The van der Waals surface area contributed by atoms with Crippen molar-refractivity contribution in [1.82, 2.24) is 20.0 Å². The van der Waals surface area contributed by atoms with Crippen LogP contribution in [0.3, 0.4) is 0 Å². The van der Waals surface area contributed by atoms with Gasteiger partial charge in [-0.3, -0.25) is 9.69 Å². The molecule has 0 bridgehead atoms. The first-order chi connectivity index (χ1) is 12.1. The Balaban J connectivity index is 1.57. The van der Waals surface area contributed by atoms with Crippen molar-refractivity contribution in [2.75, 3.05) is 18.4 Å². The summed E-state index contributed by atoms with van der Waals surface area (Å²) < 4.78 is 5.44. The van der Waals surface area contributed by atoms with E-state index < -0.39 is 0 Å². The molecule has 7 nitrogen and oxygen atoms in total. The fraction of sp³-hybridized carbons (Fsp3) is 0.647. The van der Waals surface area contributed by atoms with Gasteiger partial charge < -0.3 is 9.84 Å². The topological polar surface area (TPSA) is 84.2 Å². The minimum absolute atomic E-state index is 0.0239. The first-order valence-electron chi connectivity index (χ1n) is 8.86. The molecule has 2 aromatic heterocycles. The Morgan fingerprint density at radius 1 is 1.44 bits per heavy atom. The molecule has 1 N–H and O–H groups in total. The molecule has 2 aromatic rings. The average molecular weight is 363 g/mol. The summed E-state index contributed by atoms with van der Waals surface area (Å²) in [7, 11) is 0. The molecule has 1 fully saturated rings. The number of nitrogens with one attached hydrogen (secondary N) is 1. The highest BCUT2D eigenvalue weighted by atomic mass is 32.1. The first-order valence-corrected chi connectivity index (χ1v) is 9.74. The molecule has 1 saturated heterocycles. The molecular weight excluding hydrogens is 338 g/mol. The number of amides is 1. The zero-order valence-corrected chi connectivity index (χ0v) is 15.8. The minimum Gasteiger partial charge on any atom is -0.339 e. The van der Waals surface area contributed by atoms with E-state index in [0.29, 0.717) is 5.13 Å². The van der Waals surface area contributed by atoms with Crippen LogP contribution in [0.25, 0.3) is 0 Å². The Bertz CT molecular complexity index is 677. The maximum atomic E-state index is 12.5. The van der Waals surface area contributed by atoms with Crippen molar-refractivity contribution in [1.29, 1.82) is 0 Å². The van der Waals surface area contributed by atoms with Crippen molar-refractivity contribution in [2.45, 2.75) is 57.9 Å². The van der Waals surface area contributed by atoms with Crippen LogP contribution in [-0.2, 0) is 4.79 Å². The summed E-state index contributed by atoms with van der Waals surface area (Å²) in [5, 5.41) is 9.49. The van der Waals surface area contributed by atoms with Gasteiger partial charge in [-0.2, -0.15) is 4.98 Å². The maximum absolute atomic E-state index is 12.5. The molecule has 3 rings (SSSR count). The van der Waals surface area contributed by atoms with Crippen molar-refractivity contribution >= 4 is 22.4 Å². The smallest absolute Gasteiger partial charge is 0.243 e. The molecule has 0 spiro atoms. The summed E-state index contributed by atoms with van der Waals surface area (Å²) in [5.74, 6) is 2.10. The molecule has 0 unspecified atom stereocenters. The van der Waals surface area contributed by atoms with Gasteiger partial charge in [0.2, 0.25) is 11.8 Å². The Kier molecular flexibility index (Phi) is 5.80. The molecule has 1 atom stereocenters. The van der Waals surface area contributed by atoms with Crippen LogP contribution in [0.5, 0.6) is 0 Å². The number of rotatable bonds is 6. The second kappa shape index (κ2) is 8.05. The molecular formula is C17H25N5O2S. The van der Waals surface area contributed by atoms with E-state index in [2.05, 4.69) is 39.2 Å². The summed E-state index contributed by atoms with van der Waals surface area (Å²) >= 11 is 1.44. The van der Waals surface area contributed by atoms with E-state index in [1.807, 2.05) is 12.3 Å². The molecule has 0 aliphatic carbocycles. The number of hydrogen-bond acceptors (Lipinski definition) is 7. The van der Waals surface area contributed by atoms with Crippen LogP contribution in [0.4, 0.5) is 5.13 Å². The van der Waals surface area contributed by atoms with Gasteiger partial charge in [-0.25, -0.2) is 4.98 Å². The van der Waals surface area contributed by atoms with Gasteiger partial charge in [0.05, 0.1) is 6.04 Å². The molecule has 136 valence electrons. The van der Waals surface area contributed by atoms with Gasteiger partial charge in [0, 0.05) is 23.4 Å². The normalized spacial score (nSPS) is 17.8. The lowest BCUT2D eigenvalue weighted by molar-refractivity contribution is -0.121. The highest BCUT2D eigenvalue weighted by Crippen LogP contribution is 2.29. The monoisotopic (exact) mass is 363 g/mol. The maximum Gasteiger partial charge on any atom is 0.243 e. The number of thiazole rings is 1. The average Bonchev–Trinajstić information content (AvgIpc) is 3.27. The molecule has 8 heteroatoms. The van der Waals surface area contributed by atoms with Crippen LogP contribution in [-0.4, -0.2) is 45.1 Å². The fourth-order valence-corrected chi connectivity index (χ4v) is 3.72.